The van der Waals surface area contributed by atoms with Crippen LogP contribution in [-0.4, -0.2) is 12.4 Å². The molecule has 0 radical (unpaired) electrons. The van der Waals surface area contributed by atoms with E-state index in [9.17, 15) is 0 Å². The minimum atomic E-state index is 0.739. The van der Waals surface area contributed by atoms with Crippen LogP contribution in [0, 0.1) is 0 Å². The van der Waals surface area contributed by atoms with E-state index in [0.717, 1.165) is 27.6 Å². The topological polar surface area (TPSA) is 37.1 Å². The van der Waals surface area contributed by atoms with E-state index in [4.69, 9.17) is 4.99 Å². The third-order valence-electron chi connectivity index (χ3n) is 3.16. The molecule has 18 heavy (non-hydrogen) atoms. The number of hydrogen-bond acceptors (Lipinski definition) is 3. The maximum atomic E-state index is 4.69. The van der Waals surface area contributed by atoms with Crippen LogP contribution in [0.5, 0.6) is 0 Å². The molecule has 0 amide bonds. The van der Waals surface area contributed by atoms with Gasteiger partial charge in [0.15, 0.2) is 5.82 Å². The molecular weight excluding hydrogens is 222 g/mol. The number of rotatable bonds is 0. The average Bonchev–Trinajstić information content (AvgIpc) is 3.05. The lowest BCUT2D eigenvalue weighted by Gasteiger charge is -1.97. The minimum Gasteiger partial charge on any atom is -0.247 e. The van der Waals surface area contributed by atoms with Gasteiger partial charge in [0.2, 0.25) is 0 Å². The molecule has 3 nitrogen and oxygen atoms in total. The van der Waals surface area contributed by atoms with E-state index in [-0.39, 0.29) is 0 Å². The predicted octanol–water partition coefficient (Wildman–Crippen LogP) is 1.84. The summed E-state index contributed by atoms with van der Waals surface area (Å²) in [6.45, 7) is 0. The van der Waals surface area contributed by atoms with Crippen molar-refractivity contribution in [1.82, 2.24) is 0 Å². The zero-order valence-corrected chi connectivity index (χ0v) is 9.54. The maximum absolute atomic E-state index is 4.69. The summed E-state index contributed by atoms with van der Waals surface area (Å²) in [7, 11) is 0. The van der Waals surface area contributed by atoms with Crippen LogP contribution in [0.3, 0.4) is 0 Å². The molecule has 2 aromatic carbocycles. The van der Waals surface area contributed by atoms with E-state index >= 15 is 0 Å². The van der Waals surface area contributed by atoms with Crippen molar-refractivity contribution in [2.24, 2.45) is 15.0 Å². The molecule has 0 unspecified atom stereocenters. The Morgan fingerprint density at radius 3 is 2.39 bits per heavy atom. The molecule has 2 heterocycles. The maximum Gasteiger partial charge on any atom is 0.161 e. The Morgan fingerprint density at radius 1 is 0.722 bits per heavy atom. The second-order valence-corrected chi connectivity index (χ2v) is 4.21. The molecule has 2 aromatic rings. The van der Waals surface area contributed by atoms with Crippen LogP contribution in [0.25, 0.3) is 16.9 Å². The van der Waals surface area contributed by atoms with Crippen molar-refractivity contribution in [3.05, 3.63) is 53.0 Å². The lowest BCUT2D eigenvalue weighted by molar-refractivity contribution is 1.32. The van der Waals surface area contributed by atoms with Gasteiger partial charge in [-0.3, -0.25) is 0 Å². The fourth-order valence-electron chi connectivity index (χ4n) is 2.36. The molecule has 0 saturated carbocycles. The van der Waals surface area contributed by atoms with Crippen molar-refractivity contribution < 1.29 is 0 Å². The van der Waals surface area contributed by atoms with Gasteiger partial charge in [-0.25, -0.2) is 15.0 Å². The summed E-state index contributed by atoms with van der Waals surface area (Å²) in [6, 6.07) is 14.3. The van der Waals surface area contributed by atoms with Crippen LogP contribution in [-0.2, 0) is 0 Å². The Bertz CT molecular complexity index is 815. The normalized spacial score (nSPS) is 14.6. The average molecular weight is 231 g/mol. The summed E-state index contributed by atoms with van der Waals surface area (Å²) in [5.41, 5.74) is 3.36. The van der Waals surface area contributed by atoms with Crippen molar-refractivity contribution >= 4 is 23.9 Å². The summed E-state index contributed by atoms with van der Waals surface area (Å²) < 4.78 is 0. The van der Waals surface area contributed by atoms with Crippen LogP contribution in [0.15, 0.2) is 57.4 Å². The van der Waals surface area contributed by atoms with Crippen LogP contribution >= 0.6 is 0 Å². The third-order valence-corrected chi connectivity index (χ3v) is 3.16. The van der Waals surface area contributed by atoms with Crippen LogP contribution < -0.4 is 10.6 Å². The third kappa shape index (κ3) is 1.21. The van der Waals surface area contributed by atoms with Crippen LogP contribution in [0.1, 0.15) is 0 Å². The van der Waals surface area contributed by atoms with Gasteiger partial charge < -0.3 is 0 Å². The summed E-state index contributed by atoms with van der Waals surface area (Å²) in [5, 5.41) is 1.97. The SMILES string of the molecule is C1=NC(=c2cccc3c2=Nc2ccccc2-3)N=C1. The number of hydrogen-bond donors (Lipinski definition) is 0. The highest BCUT2D eigenvalue weighted by molar-refractivity contribution is 6.20. The van der Waals surface area contributed by atoms with E-state index in [0.29, 0.717) is 0 Å². The zero-order chi connectivity index (χ0) is 11.9. The molecule has 84 valence electrons. The molecule has 2 aliphatic rings. The van der Waals surface area contributed by atoms with E-state index < -0.39 is 0 Å². The highest BCUT2D eigenvalue weighted by atomic mass is 15.0. The quantitative estimate of drug-likeness (QED) is 0.566. The smallest absolute Gasteiger partial charge is 0.161 e. The highest BCUT2D eigenvalue weighted by Gasteiger charge is 2.14. The lowest BCUT2D eigenvalue weighted by Crippen LogP contribution is -2.26. The minimum absolute atomic E-state index is 0.739. The second-order valence-electron chi connectivity index (χ2n) is 4.21. The molecule has 0 fully saturated rings. The van der Waals surface area contributed by atoms with Gasteiger partial charge in [-0.15, -0.1) is 0 Å². The second kappa shape index (κ2) is 3.47. The molecule has 0 aromatic heterocycles. The molecule has 0 bridgehead atoms. The molecule has 0 N–H and O–H groups in total. The first-order valence-electron chi connectivity index (χ1n) is 5.82. The van der Waals surface area contributed by atoms with Crippen molar-refractivity contribution in [2.45, 2.75) is 0 Å². The van der Waals surface area contributed by atoms with E-state index in [2.05, 4.69) is 22.1 Å². The molecule has 0 saturated heterocycles. The standard InChI is InChI=1S/C15H9N3/c1-2-7-13-10(4-1)11-5-3-6-12(14(11)18-13)15-16-8-9-17-15/h1-9H. The monoisotopic (exact) mass is 231 g/mol. The fourth-order valence-corrected chi connectivity index (χ4v) is 2.36. The summed E-state index contributed by atoms with van der Waals surface area (Å²) in [6.07, 6.45) is 3.41. The number of aliphatic imine (C=N–C) groups is 2. The van der Waals surface area contributed by atoms with Crippen molar-refractivity contribution in [3.8, 4) is 11.1 Å². The number of fused-ring (bicyclic) bond motifs is 3. The van der Waals surface area contributed by atoms with Crippen LogP contribution in [0.2, 0.25) is 0 Å². The van der Waals surface area contributed by atoms with E-state index in [1.54, 1.807) is 12.4 Å². The molecule has 3 heteroatoms. The number of benzene rings is 2. The molecule has 0 aliphatic carbocycles. The molecular formula is C15H9N3. The van der Waals surface area contributed by atoms with Gasteiger partial charge in [0.05, 0.1) is 11.0 Å². The van der Waals surface area contributed by atoms with Crippen molar-refractivity contribution in [3.63, 3.8) is 0 Å². The molecule has 0 spiro atoms. The van der Waals surface area contributed by atoms with E-state index in [1.807, 2.05) is 30.3 Å². The largest absolute Gasteiger partial charge is 0.247 e. The first-order chi connectivity index (χ1) is 8.93. The van der Waals surface area contributed by atoms with Crippen molar-refractivity contribution in [2.75, 3.05) is 0 Å². The first-order valence-corrected chi connectivity index (χ1v) is 5.82. The van der Waals surface area contributed by atoms with Gasteiger partial charge in [0.25, 0.3) is 0 Å². The molecule has 2 aliphatic heterocycles. The zero-order valence-electron chi connectivity index (χ0n) is 9.54. The lowest BCUT2D eigenvalue weighted by atomic mass is 10.1. The summed E-state index contributed by atoms with van der Waals surface area (Å²) in [4.78, 5) is 13.2. The molecule has 4 rings (SSSR count). The summed E-state index contributed by atoms with van der Waals surface area (Å²) >= 11 is 0. The number of para-hydroxylation sites is 2. The Labute approximate surface area is 104 Å². The van der Waals surface area contributed by atoms with Gasteiger partial charge in [-0.1, -0.05) is 30.3 Å². The first kappa shape index (κ1) is 9.48. The van der Waals surface area contributed by atoms with Crippen LogP contribution in [0.4, 0.5) is 5.69 Å². The highest BCUT2D eigenvalue weighted by Crippen LogP contribution is 2.30. The van der Waals surface area contributed by atoms with Crippen molar-refractivity contribution in [1.29, 1.82) is 0 Å². The Kier molecular flexibility index (Phi) is 1.83. The Balaban J connectivity index is 2.16. The van der Waals surface area contributed by atoms with Gasteiger partial charge in [0.1, 0.15) is 0 Å². The van der Waals surface area contributed by atoms with Gasteiger partial charge in [-0.05, 0) is 12.1 Å². The van der Waals surface area contributed by atoms with Gasteiger partial charge in [-0.2, -0.15) is 0 Å². The molecule has 0 atom stereocenters. The van der Waals surface area contributed by atoms with Gasteiger partial charge >= 0.3 is 0 Å². The Hall–Kier alpha value is -2.55. The Morgan fingerprint density at radius 2 is 1.50 bits per heavy atom. The van der Waals surface area contributed by atoms with Gasteiger partial charge in [0, 0.05) is 28.8 Å². The fraction of sp³-hybridized carbons (Fsp3) is 0. The van der Waals surface area contributed by atoms with E-state index in [1.165, 1.54) is 5.56 Å². The predicted molar refractivity (Wildman–Crippen MR) is 72.7 cm³/mol. The number of nitrogens with zero attached hydrogens (tertiary/aromatic N) is 3. The summed E-state index contributed by atoms with van der Waals surface area (Å²) in [5.74, 6) is 0.739.